The molecule has 0 saturated carbocycles. The fraction of sp³-hybridized carbons (Fsp3) is 0.588. The normalized spacial score (nSPS) is 16.1. The minimum atomic E-state index is -0.272. The highest BCUT2D eigenvalue weighted by Crippen LogP contribution is 2.18. The van der Waals surface area contributed by atoms with Crippen molar-refractivity contribution in [1.29, 1.82) is 0 Å². The Balaban J connectivity index is 0.00000242. The van der Waals surface area contributed by atoms with E-state index in [1.807, 2.05) is 24.3 Å². The molecule has 1 N–H and O–H groups in total. The van der Waals surface area contributed by atoms with Gasteiger partial charge in [-0.05, 0) is 62.6 Å². The Bertz CT molecular complexity index is 442. The molecule has 5 heteroatoms. The highest BCUT2D eigenvalue weighted by molar-refractivity contribution is 5.89. The average Bonchev–Trinajstić information content (AvgIpc) is 2.54. The van der Waals surface area contributed by atoms with E-state index in [2.05, 4.69) is 17.1 Å². The minimum absolute atomic E-state index is 0. The molecule has 1 aromatic carbocycles. The number of hydrogen-bond acceptors (Lipinski definition) is 4. The number of carbonyl (C=O) groups is 1. The minimum Gasteiger partial charge on any atom is -0.465 e. The molecule has 1 heterocycles. The molecule has 124 valence electrons. The third-order valence-electron chi connectivity index (χ3n) is 4.17. The van der Waals surface area contributed by atoms with E-state index in [0.717, 1.165) is 38.6 Å². The molecule has 0 amide bonds. The first-order chi connectivity index (χ1) is 10.2. The predicted molar refractivity (Wildman–Crippen MR) is 91.6 cm³/mol. The van der Waals surface area contributed by atoms with Crippen molar-refractivity contribution >= 4 is 18.4 Å². The van der Waals surface area contributed by atoms with Crippen molar-refractivity contribution in [3.05, 3.63) is 35.4 Å². The average molecular weight is 327 g/mol. The Morgan fingerprint density at radius 1 is 1.27 bits per heavy atom. The van der Waals surface area contributed by atoms with Crippen LogP contribution in [-0.4, -0.2) is 44.2 Å². The number of rotatable bonds is 6. The number of esters is 1. The van der Waals surface area contributed by atoms with Crippen LogP contribution in [0.25, 0.3) is 0 Å². The molecule has 0 bridgehead atoms. The summed E-state index contributed by atoms with van der Waals surface area (Å²) in [5, 5.41) is 3.44. The van der Waals surface area contributed by atoms with E-state index in [0.29, 0.717) is 5.56 Å². The van der Waals surface area contributed by atoms with Crippen LogP contribution in [0.1, 0.15) is 35.7 Å². The Morgan fingerprint density at radius 2 is 1.91 bits per heavy atom. The molecule has 0 atom stereocenters. The van der Waals surface area contributed by atoms with Gasteiger partial charge in [-0.3, -0.25) is 4.90 Å². The van der Waals surface area contributed by atoms with Gasteiger partial charge in [0.05, 0.1) is 12.7 Å². The lowest BCUT2D eigenvalue weighted by atomic mass is 9.96. The van der Waals surface area contributed by atoms with Crippen molar-refractivity contribution in [1.82, 2.24) is 10.2 Å². The number of halogens is 1. The van der Waals surface area contributed by atoms with E-state index in [1.165, 1.54) is 25.5 Å². The third-order valence-corrected chi connectivity index (χ3v) is 4.17. The van der Waals surface area contributed by atoms with Gasteiger partial charge in [0.2, 0.25) is 0 Å². The number of ether oxygens (including phenoxy) is 1. The standard InChI is InChI=1S/C17H26N2O2.ClH/c1-3-18-12-14-8-10-19(11-9-14)13-15-4-6-16(7-5-15)17(20)21-2;/h4-7,14,18H,3,8-13H2,1-2H3;1H. The third kappa shape index (κ3) is 5.59. The SMILES string of the molecule is CCNCC1CCN(Cc2ccc(C(=O)OC)cc2)CC1.Cl. The molecule has 0 unspecified atom stereocenters. The summed E-state index contributed by atoms with van der Waals surface area (Å²) in [5.74, 6) is 0.550. The smallest absolute Gasteiger partial charge is 0.337 e. The first-order valence-electron chi connectivity index (χ1n) is 7.83. The summed E-state index contributed by atoms with van der Waals surface area (Å²) in [5.41, 5.74) is 1.87. The number of carbonyl (C=O) groups excluding carboxylic acids is 1. The fourth-order valence-electron chi connectivity index (χ4n) is 2.82. The first kappa shape index (κ1) is 18.9. The number of likely N-dealkylation sites (tertiary alicyclic amines) is 1. The second-order valence-electron chi connectivity index (χ2n) is 5.72. The molecule has 1 fully saturated rings. The summed E-state index contributed by atoms with van der Waals surface area (Å²) < 4.78 is 4.71. The van der Waals surface area contributed by atoms with Crippen LogP contribution in [0.2, 0.25) is 0 Å². The molecule has 4 nitrogen and oxygen atoms in total. The first-order valence-corrected chi connectivity index (χ1v) is 7.83. The predicted octanol–water partition coefficient (Wildman–Crippen LogP) is 2.72. The zero-order chi connectivity index (χ0) is 15.1. The lowest BCUT2D eigenvalue weighted by Gasteiger charge is -2.32. The lowest BCUT2D eigenvalue weighted by molar-refractivity contribution is 0.0600. The van der Waals surface area contributed by atoms with E-state index < -0.39 is 0 Å². The largest absolute Gasteiger partial charge is 0.465 e. The molecular formula is C17H27ClN2O2. The molecular weight excluding hydrogens is 300 g/mol. The topological polar surface area (TPSA) is 41.6 Å². The van der Waals surface area contributed by atoms with Gasteiger partial charge in [-0.15, -0.1) is 12.4 Å². The van der Waals surface area contributed by atoms with E-state index in [9.17, 15) is 4.79 Å². The molecule has 0 radical (unpaired) electrons. The van der Waals surface area contributed by atoms with Gasteiger partial charge in [-0.2, -0.15) is 0 Å². The highest BCUT2D eigenvalue weighted by Gasteiger charge is 2.18. The Kier molecular flexibility index (Phi) is 8.46. The Morgan fingerprint density at radius 3 is 2.45 bits per heavy atom. The van der Waals surface area contributed by atoms with Gasteiger partial charge in [0.1, 0.15) is 0 Å². The zero-order valence-electron chi connectivity index (χ0n) is 13.5. The molecule has 1 aromatic rings. The van der Waals surface area contributed by atoms with Gasteiger partial charge in [0.15, 0.2) is 0 Å². The van der Waals surface area contributed by atoms with Crippen molar-refractivity contribution < 1.29 is 9.53 Å². The number of methoxy groups -OCH3 is 1. The van der Waals surface area contributed by atoms with Crippen LogP contribution >= 0.6 is 12.4 Å². The molecule has 1 saturated heterocycles. The van der Waals surface area contributed by atoms with Gasteiger partial charge < -0.3 is 10.1 Å². The van der Waals surface area contributed by atoms with Crippen LogP contribution in [0.15, 0.2) is 24.3 Å². The van der Waals surface area contributed by atoms with Crippen LogP contribution in [0.5, 0.6) is 0 Å². The number of piperidine rings is 1. The molecule has 0 spiro atoms. The number of hydrogen-bond donors (Lipinski definition) is 1. The van der Waals surface area contributed by atoms with Gasteiger partial charge in [-0.25, -0.2) is 4.79 Å². The lowest BCUT2D eigenvalue weighted by Crippen LogP contribution is -2.36. The maximum Gasteiger partial charge on any atom is 0.337 e. The summed E-state index contributed by atoms with van der Waals surface area (Å²) >= 11 is 0. The summed E-state index contributed by atoms with van der Waals surface area (Å²) in [4.78, 5) is 13.9. The molecule has 22 heavy (non-hydrogen) atoms. The van der Waals surface area contributed by atoms with E-state index >= 15 is 0 Å². The Hall–Kier alpha value is -1.10. The van der Waals surface area contributed by atoms with Crippen LogP contribution in [0.4, 0.5) is 0 Å². The number of benzene rings is 1. The second kappa shape index (κ2) is 9.82. The molecule has 0 aliphatic carbocycles. The van der Waals surface area contributed by atoms with Crippen LogP contribution in [0.3, 0.4) is 0 Å². The van der Waals surface area contributed by atoms with E-state index in [-0.39, 0.29) is 18.4 Å². The van der Waals surface area contributed by atoms with Gasteiger partial charge in [0, 0.05) is 6.54 Å². The number of nitrogens with one attached hydrogen (secondary N) is 1. The molecule has 1 aliphatic rings. The quantitative estimate of drug-likeness (QED) is 0.816. The van der Waals surface area contributed by atoms with Crippen LogP contribution < -0.4 is 5.32 Å². The number of nitrogens with zero attached hydrogens (tertiary/aromatic N) is 1. The second-order valence-corrected chi connectivity index (χ2v) is 5.72. The fourth-order valence-corrected chi connectivity index (χ4v) is 2.82. The summed E-state index contributed by atoms with van der Waals surface area (Å²) in [6.07, 6.45) is 2.54. The van der Waals surface area contributed by atoms with Gasteiger partial charge >= 0.3 is 5.97 Å². The van der Waals surface area contributed by atoms with Gasteiger partial charge in [-0.1, -0.05) is 19.1 Å². The van der Waals surface area contributed by atoms with Gasteiger partial charge in [0.25, 0.3) is 0 Å². The Labute approximate surface area is 139 Å². The van der Waals surface area contributed by atoms with Crippen LogP contribution in [0, 0.1) is 5.92 Å². The van der Waals surface area contributed by atoms with Crippen LogP contribution in [-0.2, 0) is 11.3 Å². The summed E-state index contributed by atoms with van der Waals surface area (Å²) in [6, 6.07) is 7.74. The van der Waals surface area contributed by atoms with Crippen molar-refractivity contribution in [3.63, 3.8) is 0 Å². The molecule has 1 aliphatic heterocycles. The zero-order valence-corrected chi connectivity index (χ0v) is 14.3. The monoisotopic (exact) mass is 326 g/mol. The van der Waals surface area contributed by atoms with Crippen molar-refractivity contribution in [2.24, 2.45) is 5.92 Å². The maximum atomic E-state index is 11.4. The van der Waals surface area contributed by atoms with Crippen molar-refractivity contribution in [2.45, 2.75) is 26.3 Å². The van der Waals surface area contributed by atoms with Crippen molar-refractivity contribution in [3.8, 4) is 0 Å². The van der Waals surface area contributed by atoms with Crippen molar-refractivity contribution in [2.75, 3.05) is 33.3 Å². The molecule has 0 aromatic heterocycles. The molecule has 2 rings (SSSR count). The summed E-state index contributed by atoms with van der Waals surface area (Å²) in [6.45, 7) is 7.66. The van der Waals surface area contributed by atoms with E-state index in [4.69, 9.17) is 4.74 Å². The summed E-state index contributed by atoms with van der Waals surface area (Å²) in [7, 11) is 1.41. The maximum absolute atomic E-state index is 11.4. The highest BCUT2D eigenvalue weighted by atomic mass is 35.5. The van der Waals surface area contributed by atoms with E-state index in [1.54, 1.807) is 0 Å².